The molecule has 0 saturated carbocycles. The molecule has 1 unspecified atom stereocenters. The Kier molecular flexibility index (Phi) is 5.56. The number of phenols is 1. The number of nitrogens with two attached hydrogens (primary N) is 1. The van der Waals surface area contributed by atoms with E-state index in [1.807, 2.05) is 0 Å². The Bertz CT molecular complexity index is 469. The molecular formula is C12H15BrFNO4. The van der Waals surface area contributed by atoms with E-state index in [0.29, 0.717) is 4.47 Å². The molecule has 5 nitrogen and oxygen atoms in total. The van der Waals surface area contributed by atoms with Gasteiger partial charge < -0.3 is 20.3 Å². The Morgan fingerprint density at radius 1 is 1.58 bits per heavy atom. The van der Waals surface area contributed by atoms with E-state index in [9.17, 15) is 14.3 Å². The lowest BCUT2D eigenvalue weighted by Crippen LogP contribution is -2.31. The van der Waals surface area contributed by atoms with E-state index < -0.39 is 18.2 Å². The Hall–Kier alpha value is -1.34. The Balaban J connectivity index is 3.08. The first kappa shape index (κ1) is 15.7. The molecule has 19 heavy (non-hydrogen) atoms. The number of halogens is 2. The van der Waals surface area contributed by atoms with Gasteiger partial charge in [0.15, 0.2) is 11.5 Å². The molecule has 0 amide bonds. The van der Waals surface area contributed by atoms with Crippen LogP contribution in [0.15, 0.2) is 16.6 Å². The van der Waals surface area contributed by atoms with Crippen LogP contribution < -0.4 is 10.5 Å². The molecule has 0 bridgehead atoms. The summed E-state index contributed by atoms with van der Waals surface area (Å²) in [5, 5.41) is 9.90. The number of hydrogen-bond donors (Lipinski definition) is 2. The quantitative estimate of drug-likeness (QED) is 0.805. The van der Waals surface area contributed by atoms with Crippen LogP contribution in [0.5, 0.6) is 11.5 Å². The second kappa shape index (κ2) is 6.72. The molecular weight excluding hydrogens is 321 g/mol. The molecule has 0 spiro atoms. The van der Waals surface area contributed by atoms with Crippen LogP contribution in [0.3, 0.4) is 0 Å². The highest BCUT2D eigenvalue weighted by Gasteiger charge is 2.30. The number of aromatic hydroxyl groups is 1. The number of esters is 1. The molecule has 0 aliphatic heterocycles. The van der Waals surface area contributed by atoms with Gasteiger partial charge in [0.1, 0.15) is 0 Å². The van der Waals surface area contributed by atoms with Crippen molar-refractivity contribution in [3.8, 4) is 11.5 Å². The van der Waals surface area contributed by atoms with E-state index >= 15 is 0 Å². The molecule has 7 heteroatoms. The zero-order valence-corrected chi connectivity index (χ0v) is 12.1. The van der Waals surface area contributed by atoms with E-state index in [2.05, 4.69) is 20.7 Å². The molecule has 3 N–H and O–H groups in total. The highest BCUT2D eigenvalue weighted by atomic mass is 79.9. The van der Waals surface area contributed by atoms with E-state index in [1.54, 1.807) is 6.92 Å². The van der Waals surface area contributed by atoms with Crippen LogP contribution in [-0.4, -0.2) is 31.0 Å². The molecule has 0 aliphatic carbocycles. The van der Waals surface area contributed by atoms with Crippen LogP contribution in [-0.2, 0) is 9.53 Å². The van der Waals surface area contributed by atoms with Crippen molar-refractivity contribution in [1.82, 2.24) is 0 Å². The van der Waals surface area contributed by atoms with Crippen molar-refractivity contribution in [2.24, 2.45) is 5.73 Å². The normalized spacial score (nSPS) is 13.7. The highest BCUT2D eigenvalue weighted by molar-refractivity contribution is 9.10. The average Bonchev–Trinajstić information content (AvgIpc) is 2.39. The lowest BCUT2D eigenvalue weighted by atomic mass is 10.0. The van der Waals surface area contributed by atoms with Crippen molar-refractivity contribution >= 4 is 21.9 Å². The number of rotatable bonds is 5. The molecule has 1 aromatic rings. The second-order valence-corrected chi connectivity index (χ2v) is 4.64. The Morgan fingerprint density at radius 2 is 2.21 bits per heavy atom. The van der Waals surface area contributed by atoms with Gasteiger partial charge in [-0.2, -0.15) is 0 Å². The van der Waals surface area contributed by atoms with Crippen molar-refractivity contribution in [2.45, 2.75) is 19.1 Å². The number of carbonyl (C=O) groups is 1. The molecule has 0 radical (unpaired) electrons. The Labute approximate surface area is 118 Å². The predicted octanol–water partition coefficient (Wildman–Crippen LogP) is 2.06. The molecule has 1 rings (SSSR count). The minimum Gasteiger partial charge on any atom is -0.504 e. The predicted molar refractivity (Wildman–Crippen MR) is 70.8 cm³/mol. The van der Waals surface area contributed by atoms with Gasteiger partial charge in [-0.1, -0.05) is 15.9 Å². The van der Waals surface area contributed by atoms with Gasteiger partial charge in [-0.05, 0) is 19.1 Å². The summed E-state index contributed by atoms with van der Waals surface area (Å²) in [6, 6.07) is 1.59. The van der Waals surface area contributed by atoms with Crippen molar-refractivity contribution in [3.05, 3.63) is 22.2 Å². The molecule has 0 heterocycles. The Morgan fingerprint density at radius 3 is 2.74 bits per heavy atom. The van der Waals surface area contributed by atoms with Gasteiger partial charge in [0, 0.05) is 10.0 Å². The fraction of sp³-hybridized carbons (Fsp3) is 0.417. The zero-order valence-electron chi connectivity index (χ0n) is 10.5. The lowest BCUT2D eigenvalue weighted by molar-refractivity contribution is -0.149. The number of methoxy groups -OCH3 is 1. The highest BCUT2D eigenvalue weighted by Crippen LogP contribution is 2.37. The third-order valence-corrected chi connectivity index (χ3v) is 2.93. The van der Waals surface area contributed by atoms with E-state index in [-0.39, 0.29) is 23.7 Å². The molecule has 0 fully saturated rings. The van der Waals surface area contributed by atoms with E-state index in [4.69, 9.17) is 10.5 Å². The van der Waals surface area contributed by atoms with Crippen LogP contribution in [0.25, 0.3) is 0 Å². The number of benzene rings is 1. The van der Waals surface area contributed by atoms with Gasteiger partial charge >= 0.3 is 5.97 Å². The summed E-state index contributed by atoms with van der Waals surface area (Å²) in [6.45, 7) is 1.62. The maximum Gasteiger partial charge on any atom is 0.342 e. The van der Waals surface area contributed by atoms with Crippen molar-refractivity contribution in [2.75, 3.05) is 13.7 Å². The van der Waals surface area contributed by atoms with Gasteiger partial charge in [-0.15, -0.1) is 0 Å². The van der Waals surface area contributed by atoms with Gasteiger partial charge in [-0.3, -0.25) is 0 Å². The fourth-order valence-electron chi connectivity index (χ4n) is 1.53. The largest absolute Gasteiger partial charge is 0.504 e. The summed E-state index contributed by atoms with van der Waals surface area (Å²) in [5.74, 6) is -1.23. The van der Waals surface area contributed by atoms with E-state index in [1.165, 1.54) is 19.2 Å². The van der Waals surface area contributed by atoms with Crippen molar-refractivity contribution in [1.29, 1.82) is 0 Å². The first-order chi connectivity index (χ1) is 8.92. The molecule has 0 aromatic heterocycles. The average molecular weight is 336 g/mol. The number of carbonyl (C=O) groups excluding carboxylic acids is 1. The maximum absolute atomic E-state index is 13.8. The second-order valence-electron chi connectivity index (χ2n) is 3.73. The summed E-state index contributed by atoms with van der Waals surface area (Å²) in [5.41, 5.74) is 5.71. The monoisotopic (exact) mass is 335 g/mol. The van der Waals surface area contributed by atoms with Crippen LogP contribution in [0.1, 0.15) is 18.5 Å². The summed E-state index contributed by atoms with van der Waals surface area (Å²) >= 11 is 3.19. The van der Waals surface area contributed by atoms with Crippen molar-refractivity contribution < 1.29 is 23.8 Å². The van der Waals surface area contributed by atoms with Crippen molar-refractivity contribution in [3.63, 3.8) is 0 Å². The fourth-order valence-corrected chi connectivity index (χ4v) is 1.98. The van der Waals surface area contributed by atoms with Crippen LogP contribution >= 0.6 is 15.9 Å². The standard InChI is InChI=1S/C12H15BrFNO4/c1-3-19-12(17)9(14)10(15)7-4-6(13)5-8(18-2)11(7)16/h4-5,9-10,16H,3,15H2,1-2H3/t9?,10-/m1/s1. The van der Waals surface area contributed by atoms with Crippen LogP contribution in [0.2, 0.25) is 0 Å². The minimum absolute atomic E-state index is 0.0553. The molecule has 106 valence electrons. The maximum atomic E-state index is 13.8. The lowest BCUT2D eigenvalue weighted by Gasteiger charge is -2.18. The first-order valence-electron chi connectivity index (χ1n) is 5.55. The topological polar surface area (TPSA) is 81.8 Å². The zero-order chi connectivity index (χ0) is 14.6. The molecule has 0 aliphatic rings. The molecule has 0 saturated heterocycles. The first-order valence-corrected chi connectivity index (χ1v) is 6.34. The van der Waals surface area contributed by atoms with Crippen LogP contribution in [0, 0.1) is 0 Å². The van der Waals surface area contributed by atoms with Gasteiger partial charge in [0.05, 0.1) is 19.8 Å². The summed E-state index contributed by atoms with van der Waals surface area (Å²) in [4.78, 5) is 11.3. The number of phenolic OH excluding ortho intramolecular Hbond substituents is 1. The number of ether oxygens (including phenoxy) is 2. The SMILES string of the molecule is CCOC(=O)C(F)[C@H](N)c1cc(Br)cc(OC)c1O. The van der Waals surface area contributed by atoms with Gasteiger partial charge in [-0.25, -0.2) is 9.18 Å². The molecule has 2 atom stereocenters. The number of hydrogen-bond acceptors (Lipinski definition) is 5. The third kappa shape index (κ3) is 3.57. The summed E-state index contributed by atoms with van der Waals surface area (Å²) in [7, 11) is 1.36. The van der Waals surface area contributed by atoms with Crippen LogP contribution in [0.4, 0.5) is 4.39 Å². The summed E-state index contributed by atoms with van der Waals surface area (Å²) in [6.07, 6.45) is -2.06. The van der Waals surface area contributed by atoms with E-state index in [0.717, 1.165) is 0 Å². The molecule has 1 aromatic carbocycles. The van der Waals surface area contributed by atoms with Gasteiger partial charge in [0.25, 0.3) is 0 Å². The smallest absolute Gasteiger partial charge is 0.342 e. The minimum atomic E-state index is -2.06. The third-order valence-electron chi connectivity index (χ3n) is 2.48. The summed E-state index contributed by atoms with van der Waals surface area (Å²) < 4.78 is 23.9. The van der Waals surface area contributed by atoms with Gasteiger partial charge in [0.2, 0.25) is 6.17 Å². The number of alkyl halides is 1.